The Kier molecular flexibility index (Phi) is 5.45. The number of nitrogens with one attached hydrogen (secondary N) is 2. The number of hydrogen-bond donors (Lipinski definition) is 2. The molecule has 0 radical (unpaired) electrons. The van der Waals surface area contributed by atoms with Crippen LogP contribution in [0.3, 0.4) is 0 Å². The minimum absolute atomic E-state index is 0.453. The molecule has 0 fully saturated rings. The summed E-state index contributed by atoms with van der Waals surface area (Å²) in [5.74, 6) is -3.13. The summed E-state index contributed by atoms with van der Waals surface area (Å²) in [5, 5.41) is 2.45. The molecule has 0 atom stereocenters. The zero-order valence-corrected chi connectivity index (χ0v) is 13.9. The molecule has 2 aromatic carbocycles. The van der Waals surface area contributed by atoms with Crippen LogP contribution in [0.4, 0.5) is 14.5 Å². The first-order chi connectivity index (χ1) is 10.8. The highest BCUT2D eigenvalue weighted by molar-refractivity contribution is 9.10. The lowest BCUT2D eigenvalue weighted by atomic mass is 10.3. The van der Waals surface area contributed by atoms with Gasteiger partial charge in [0.05, 0.1) is 6.54 Å². The Balaban J connectivity index is 2.04. The molecule has 5 nitrogen and oxygen atoms in total. The van der Waals surface area contributed by atoms with Crippen LogP contribution in [0.15, 0.2) is 51.8 Å². The van der Waals surface area contributed by atoms with Gasteiger partial charge in [0, 0.05) is 10.2 Å². The fourth-order valence-electron chi connectivity index (χ4n) is 1.71. The Morgan fingerprint density at radius 1 is 1.04 bits per heavy atom. The van der Waals surface area contributed by atoms with E-state index in [-0.39, 0.29) is 0 Å². The van der Waals surface area contributed by atoms with Crippen molar-refractivity contribution in [3.05, 3.63) is 58.6 Å². The molecule has 122 valence electrons. The summed E-state index contributed by atoms with van der Waals surface area (Å²) in [5.41, 5.74) is 0.453. The van der Waals surface area contributed by atoms with E-state index in [1.54, 1.807) is 24.3 Å². The Morgan fingerprint density at radius 3 is 2.17 bits per heavy atom. The number of amides is 1. The molecule has 2 N–H and O–H groups in total. The van der Waals surface area contributed by atoms with Gasteiger partial charge in [-0.05, 0) is 36.4 Å². The number of benzene rings is 2. The first-order valence-electron chi connectivity index (χ1n) is 6.29. The molecular weight excluding hydrogens is 394 g/mol. The van der Waals surface area contributed by atoms with Crippen LogP contribution in [0.1, 0.15) is 0 Å². The van der Waals surface area contributed by atoms with Crippen molar-refractivity contribution >= 4 is 37.5 Å². The van der Waals surface area contributed by atoms with Crippen LogP contribution in [-0.4, -0.2) is 20.9 Å². The van der Waals surface area contributed by atoms with Gasteiger partial charge in [-0.25, -0.2) is 21.9 Å². The molecule has 0 saturated carbocycles. The van der Waals surface area contributed by atoms with E-state index in [0.29, 0.717) is 5.69 Å². The van der Waals surface area contributed by atoms with Crippen molar-refractivity contribution in [2.24, 2.45) is 0 Å². The van der Waals surface area contributed by atoms with Crippen LogP contribution in [0.25, 0.3) is 0 Å². The molecule has 0 aliphatic carbocycles. The molecule has 1 amide bonds. The molecular formula is C14H11BrF2N2O3S. The van der Waals surface area contributed by atoms with Crippen molar-refractivity contribution in [1.82, 2.24) is 4.72 Å². The summed E-state index contributed by atoms with van der Waals surface area (Å²) in [6, 6.07) is 9.27. The van der Waals surface area contributed by atoms with Crippen molar-refractivity contribution in [3.63, 3.8) is 0 Å². The zero-order chi connectivity index (χ0) is 17.0. The van der Waals surface area contributed by atoms with Gasteiger partial charge < -0.3 is 5.32 Å². The average molecular weight is 405 g/mol. The predicted octanol–water partition coefficient (Wildman–Crippen LogP) is 2.64. The van der Waals surface area contributed by atoms with Gasteiger partial charge in [-0.15, -0.1) is 0 Å². The molecule has 0 heterocycles. The van der Waals surface area contributed by atoms with Gasteiger partial charge >= 0.3 is 0 Å². The Morgan fingerprint density at radius 2 is 1.61 bits per heavy atom. The van der Waals surface area contributed by atoms with E-state index in [1.807, 2.05) is 4.72 Å². The molecule has 2 aromatic rings. The maximum Gasteiger partial charge on any atom is 0.246 e. The second kappa shape index (κ2) is 7.16. The van der Waals surface area contributed by atoms with Crippen molar-refractivity contribution in [1.29, 1.82) is 0 Å². The lowest BCUT2D eigenvalue weighted by Crippen LogP contribution is -2.33. The van der Waals surface area contributed by atoms with Gasteiger partial charge in [-0.3, -0.25) is 4.79 Å². The highest BCUT2D eigenvalue weighted by Gasteiger charge is 2.24. The minimum Gasteiger partial charge on any atom is -0.325 e. The zero-order valence-electron chi connectivity index (χ0n) is 11.5. The number of carbonyl (C=O) groups excluding carboxylic acids is 1. The molecule has 9 heteroatoms. The molecule has 23 heavy (non-hydrogen) atoms. The summed E-state index contributed by atoms with van der Waals surface area (Å²) in [6.07, 6.45) is 0. The summed E-state index contributed by atoms with van der Waals surface area (Å²) in [7, 11) is -4.48. The van der Waals surface area contributed by atoms with Crippen molar-refractivity contribution in [2.45, 2.75) is 4.90 Å². The van der Waals surface area contributed by atoms with Crippen LogP contribution in [0.5, 0.6) is 0 Å². The molecule has 0 aliphatic heterocycles. The number of sulfonamides is 1. The summed E-state index contributed by atoms with van der Waals surface area (Å²) < 4.78 is 53.4. The SMILES string of the molecule is O=C(CNS(=O)(=O)c1c(F)cccc1F)Nc1ccc(Br)cc1. The summed E-state index contributed by atoms with van der Waals surface area (Å²) in [6.45, 7) is -0.661. The topological polar surface area (TPSA) is 75.3 Å². The number of halogens is 3. The third-order valence-electron chi connectivity index (χ3n) is 2.74. The second-order valence-corrected chi connectivity index (χ2v) is 7.05. The van der Waals surface area contributed by atoms with E-state index >= 15 is 0 Å². The lowest BCUT2D eigenvalue weighted by molar-refractivity contribution is -0.115. The van der Waals surface area contributed by atoms with E-state index in [0.717, 1.165) is 22.7 Å². The normalized spacial score (nSPS) is 11.3. The maximum atomic E-state index is 13.5. The van der Waals surface area contributed by atoms with Crippen LogP contribution in [0.2, 0.25) is 0 Å². The molecule has 0 aliphatic rings. The number of anilines is 1. The molecule has 0 spiro atoms. The molecule has 0 unspecified atom stereocenters. The maximum absolute atomic E-state index is 13.5. The number of rotatable bonds is 5. The fourth-order valence-corrected chi connectivity index (χ4v) is 3.09. The Labute approximate surface area is 139 Å². The fraction of sp³-hybridized carbons (Fsp3) is 0.0714. The first-order valence-corrected chi connectivity index (χ1v) is 8.56. The van der Waals surface area contributed by atoms with Gasteiger partial charge in [0.25, 0.3) is 0 Å². The van der Waals surface area contributed by atoms with E-state index in [1.165, 1.54) is 0 Å². The van der Waals surface area contributed by atoms with Gasteiger partial charge in [0.1, 0.15) is 11.6 Å². The summed E-state index contributed by atoms with van der Waals surface area (Å²) in [4.78, 5) is 10.6. The van der Waals surface area contributed by atoms with Crippen LogP contribution in [0, 0.1) is 11.6 Å². The van der Waals surface area contributed by atoms with E-state index in [4.69, 9.17) is 0 Å². The van der Waals surface area contributed by atoms with Gasteiger partial charge in [-0.2, -0.15) is 0 Å². The van der Waals surface area contributed by atoms with Crippen LogP contribution >= 0.6 is 15.9 Å². The van der Waals surface area contributed by atoms with E-state index < -0.39 is 39.0 Å². The van der Waals surface area contributed by atoms with Crippen molar-refractivity contribution in [3.8, 4) is 0 Å². The minimum atomic E-state index is -4.48. The smallest absolute Gasteiger partial charge is 0.246 e. The lowest BCUT2D eigenvalue weighted by Gasteiger charge is -2.09. The quantitative estimate of drug-likeness (QED) is 0.804. The summed E-state index contributed by atoms with van der Waals surface area (Å²) >= 11 is 3.23. The molecule has 2 rings (SSSR count). The molecule has 0 saturated heterocycles. The van der Waals surface area contributed by atoms with Crippen molar-refractivity contribution in [2.75, 3.05) is 11.9 Å². The Bertz CT molecular complexity index is 806. The first kappa shape index (κ1) is 17.5. The molecule has 0 bridgehead atoms. The number of hydrogen-bond acceptors (Lipinski definition) is 3. The second-order valence-electron chi connectivity index (χ2n) is 4.43. The van der Waals surface area contributed by atoms with Gasteiger partial charge in [0.2, 0.25) is 15.9 Å². The van der Waals surface area contributed by atoms with Crippen LogP contribution < -0.4 is 10.0 Å². The average Bonchev–Trinajstić information content (AvgIpc) is 2.47. The predicted molar refractivity (Wildman–Crippen MR) is 84.3 cm³/mol. The van der Waals surface area contributed by atoms with E-state index in [9.17, 15) is 22.0 Å². The Hall–Kier alpha value is -1.84. The van der Waals surface area contributed by atoms with E-state index in [2.05, 4.69) is 21.2 Å². The number of carbonyl (C=O) groups is 1. The highest BCUT2D eigenvalue weighted by atomic mass is 79.9. The highest BCUT2D eigenvalue weighted by Crippen LogP contribution is 2.18. The molecule has 0 aromatic heterocycles. The monoisotopic (exact) mass is 404 g/mol. The van der Waals surface area contributed by atoms with Gasteiger partial charge in [0.15, 0.2) is 4.90 Å². The third kappa shape index (κ3) is 4.57. The van der Waals surface area contributed by atoms with Crippen molar-refractivity contribution < 1.29 is 22.0 Å². The van der Waals surface area contributed by atoms with Gasteiger partial charge in [-0.1, -0.05) is 22.0 Å². The largest absolute Gasteiger partial charge is 0.325 e. The van der Waals surface area contributed by atoms with Crippen LogP contribution in [-0.2, 0) is 14.8 Å². The third-order valence-corrected chi connectivity index (χ3v) is 4.72. The standard InChI is InChI=1S/C14H11BrF2N2O3S/c15-9-4-6-10(7-5-9)19-13(20)8-18-23(21,22)14-11(16)2-1-3-12(14)17/h1-7,18H,8H2,(H,19,20).